The van der Waals surface area contributed by atoms with E-state index in [-0.39, 0.29) is 11.9 Å². The normalized spacial score (nSPS) is 19.5. The molecule has 0 spiro atoms. The lowest BCUT2D eigenvalue weighted by Gasteiger charge is -2.25. The number of halogens is 2. The number of anilines is 1. The van der Waals surface area contributed by atoms with Crippen molar-refractivity contribution in [3.05, 3.63) is 21.8 Å². The van der Waals surface area contributed by atoms with E-state index in [9.17, 15) is 4.79 Å². The van der Waals surface area contributed by atoms with Crippen LogP contribution in [0.25, 0.3) is 0 Å². The van der Waals surface area contributed by atoms with Crippen molar-refractivity contribution in [1.82, 2.24) is 10.3 Å². The standard InChI is InChI=1S/C11H13BrClN3O/c1-14-11(17)9-3-2-4-16(9)10-8(13)5-7(12)6-15-10/h5-6,9H,2-4H2,1H3,(H,14,17). The Balaban J connectivity index is 2.29. The van der Waals surface area contributed by atoms with Crippen LogP contribution in [-0.4, -0.2) is 30.5 Å². The Bertz CT molecular complexity index is 441. The van der Waals surface area contributed by atoms with Crippen LogP contribution in [-0.2, 0) is 4.79 Å². The second kappa shape index (κ2) is 5.23. The van der Waals surface area contributed by atoms with Crippen molar-refractivity contribution in [1.29, 1.82) is 0 Å². The molecule has 2 heterocycles. The van der Waals surface area contributed by atoms with E-state index >= 15 is 0 Å². The lowest BCUT2D eigenvalue weighted by molar-refractivity contribution is -0.121. The maximum absolute atomic E-state index is 11.7. The lowest BCUT2D eigenvalue weighted by atomic mass is 10.2. The van der Waals surface area contributed by atoms with Gasteiger partial charge in [0.2, 0.25) is 5.91 Å². The van der Waals surface area contributed by atoms with Gasteiger partial charge in [-0.05, 0) is 34.8 Å². The van der Waals surface area contributed by atoms with Crippen LogP contribution in [0.4, 0.5) is 5.82 Å². The fourth-order valence-corrected chi connectivity index (χ4v) is 2.82. The van der Waals surface area contributed by atoms with Crippen molar-refractivity contribution < 1.29 is 4.79 Å². The summed E-state index contributed by atoms with van der Waals surface area (Å²) in [7, 11) is 1.65. The number of nitrogens with one attached hydrogen (secondary N) is 1. The highest BCUT2D eigenvalue weighted by atomic mass is 79.9. The summed E-state index contributed by atoms with van der Waals surface area (Å²) < 4.78 is 0.835. The first-order valence-electron chi connectivity index (χ1n) is 5.42. The van der Waals surface area contributed by atoms with E-state index in [0.717, 1.165) is 23.9 Å². The molecule has 1 aromatic rings. The van der Waals surface area contributed by atoms with Gasteiger partial charge < -0.3 is 10.2 Å². The zero-order valence-corrected chi connectivity index (χ0v) is 11.8. The van der Waals surface area contributed by atoms with Crippen LogP contribution in [0.5, 0.6) is 0 Å². The number of aromatic nitrogens is 1. The molecule has 0 aliphatic carbocycles. The summed E-state index contributed by atoms with van der Waals surface area (Å²) in [4.78, 5) is 18.0. The molecule has 17 heavy (non-hydrogen) atoms. The molecule has 0 radical (unpaired) electrons. The summed E-state index contributed by atoms with van der Waals surface area (Å²) >= 11 is 9.47. The Kier molecular flexibility index (Phi) is 3.89. The molecule has 6 heteroatoms. The van der Waals surface area contributed by atoms with E-state index in [1.807, 2.05) is 4.90 Å². The smallest absolute Gasteiger partial charge is 0.242 e. The first kappa shape index (κ1) is 12.6. The maximum atomic E-state index is 11.7. The number of likely N-dealkylation sites (N-methyl/N-ethyl adjacent to an activating group) is 1. The molecule has 4 nitrogen and oxygen atoms in total. The van der Waals surface area contributed by atoms with Gasteiger partial charge in [0.05, 0.1) is 5.02 Å². The third-order valence-electron chi connectivity index (χ3n) is 2.86. The average molecular weight is 319 g/mol. The quantitative estimate of drug-likeness (QED) is 0.909. The molecule has 1 saturated heterocycles. The monoisotopic (exact) mass is 317 g/mol. The topological polar surface area (TPSA) is 45.2 Å². The van der Waals surface area contributed by atoms with Crippen LogP contribution in [0.2, 0.25) is 5.02 Å². The van der Waals surface area contributed by atoms with Gasteiger partial charge in [0.1, 0.15) is 11.9 Å². The van der Waals surface area contributed by atoms with Crippen LogP contribution < -0.4 is 10.2 Å². The summed E-state index contributed by atoms with van der Waals surface area (Å²) in [5.74, 6) is 0.698. The van der Waals surface area contributed by atoms with Gasteiger partial charge in [-0.2, -0.15) is 0 Å². The highest BCUT2D eigenvalue weighted by Crippen LogP contribution is 2.31. The Morgan fingerprint density at radius 2 is 2.47 bits per heavy atom. The zero-order chi connectivity index (χ0) is 12.4. The first-order chi connectivity index (χ1) is 8.13. The van der Waals surface area contributed by atoms with Gasteiger partial charge in [0.25, 0.3) is 0 Å². The van der Waals surface area contributed by atoms with Crippen LogP contribution >= 0.6 is 27.5 Å². The van der Waals surface area contributed by atoms with E-state index in [1.165, 1.54) is 0 Å². The molecule has 1 aliphatic rings. The summed E-state index contributed by atoms with van der Waals surface area (Å²) in [5.41, 5.74) is 0. The van der Waals surface area contributed by atoms with Gasteiger partial charge in [-0.25, -0.2) is 4.98 Å². The Hall–Kier alpha value is -0.810. The minimum atomic E-state index is -0.161. The molecule has 1 amide bonds. The van der Waals surface area contributed by atoms with Gasteiger partial charge in [-0.1, -0.05) is 11.6 Å². The fraction of sp³-hybridized carbons (Fsp3) is 0.455. The summed E-state index contributed by atoms with van der Waals surface area (Å²) in [5, 5.41) is 3.24. The van der Waals surface area contributed by atoms with E-state index in [2.05, 4.69) is 26.2 Å². The maximum Gasteiger partial charge on any atom is 0.242 e. The van der Waals surface area contributed by atoms with Gasteiger partial charge >= 0.3 is 0 Å². The lowest BCUT2D eigenvalue weighted by Crippen LogP contribution is -2.42. The number of pyridine rings is 1. The number of carbonyl (C=O) groups excluding carboxylic acids is 1. The van der Waals surface area contributed by atoms with E-state index in [0.29, 0.717) is 10.8 Å². The van der Waals surface area contributed by atoms with E-state index in [4.69, 9.17) is 11.6 Å². The van der Waals surface area contributed by atoms with E-state index < -0.39 is 0 Å². The van der Waals surface area contributed by atoms with Gasteiger partial charge in [0.15, 0.2) is 0 Å². The molecule has 1 unspecified atom stereocenters. The molecule has 1 aromatic heterocycles. The number of hydrogen-bond acceptors (Lipinski definition) is 3. The van der Waals surface area contributed by atoms with Crippen LogP contribution in [0.3, 0.4) is 0 Å². The number of nitrogens with zero attached hydrogens (tertiary/aromatic N) is 2. The van der Waals surface area contributed by atoms with Crippen LogP contribution in [0.15, 0.2) is 16.7 Å². The van der Waals surface area contributed by atoms with Gasteiger partial charge in [0, 0.05) is 24.3 Å². The summed E-state index contributed by atoms with van der Waals surface area (Å²) in [6.07, 6.45) is 3.51. The second-order valence-electron chi connectivity index (χ2n) is 3.92. The molecule has 0 saturated carbocycles. The zero-order valence-electron chi connectivity index (χ0n) is 9.41. The SMILES string of the molecule is CNC(=O)C1CCCN1c1ncc(Br)cc1Cl. The fourth-order valence-electron chi connectivity index (χ4n) is 2.08. The molecule has 92 valence electrons. The van der Waals surface area contributed by atoms with Crippen LogP contribution in [0.1, 0.15) is 12.8 Å². The minimum Gasteiger partial charge on any atom is -0.357 e. The second-order valence-corrected chi connectivity index (χ2v) is 5.25. The molecule has 1 atom stereocenters. The Labute approximate surface area is 113 Å². The predicted octanol–water partition coefficient (Wildman–Crippen LogP) is 2.21. The summed E-state index contributed by atoms with van der Waals surface area (Å²) in [6, 6.07) is 1.63. The molecule has 1 fully saturated rings. The van der Waals surface area contributed by atoms with Crippen LogP contribution in [0, 0.1) is 0 Å². The number of hydrogen-bond donors (Lipinski definition) is 1. The Morgan fingerprint density at radius 3 is 3.12 bits per heavy atom. The first-order valence-corrected chi connectivity index (χ1v) is 6.60. The minimum absolute atomic E-state index is 0.0169. The Morgan fingerprint density at radius 1 is 1.71 bits per heavy atom. The van der Waals surface area contributed by atoms with Crippen molar-refractivity contribution in [2.75, 3.05) is 18.5 Å². The number of rotatable bonds is 2. The number of amides is 1. The molecule has 0 bridgehead atoms. The van der Waals surface area contributed by atoms with Crippen molar-refractivity contribution in [2.24, 2.45) is 0 Å². The molecule has 1 aliphatic heterocycles. The van der Waals surface area contributed by atoms with Crippen molar-refractivity contribution in [3.63, 3.8) is 0 Å². The molecular weight excluding hydrogens is 305 g/mol. The summed E-state index contributed by atoms with van der Waals surface area (Å²) in [6.45, 7) is 0.812. The van der Waals surface area contributed by atoms with Crippen molar-refractivity contribution >= 4 is 39.3 Å². The largest absolute Gasteiger partial charge is 0.357 e. The predicted molar refractivity (Wildman–Crippen MR) is 71.4 cm³/mol. The molecular formula is C11H13BrClN3O. The van der Waals surface area contributed by atoms with Gasteiger partial charge in [-0.15, -0.1) is 0 Å². The average Bonchev–Trinajstić information content (AvgIpc) is 2.77. The highest BCUT2D eigenvalue weighted by Gasteiger charge is 2.32. The number of carbonyl (C=O) groups is 1. The van der Waals surface area contributed by atoms with Crippen molar-refractivity contribution in [2.45, 2.75) is 18.9 Å². The van der Waals surface area contributed by atoms with E-state index in [1.54, 1.807) is 19.3 Å². The molecule has 0 aromatic carbocycles. The molecule has 2 rings (SSSR count). The van der Waals surface area contributed by atoms with Crippen molar-refractivity contribution in [3.8, 4) is 0 Å². The third kappa shape index (κ3) is 2.55. The highest BCUT2D eigenvalue weighted by molar-refractivity contribution is 9.10. The third-order valence-corrected chi connectivity index (χ3v) is 3.57. The van der Waals surface area contributed by atoms with Gasteiger partial charge in [-0.3, -0.25) is 4.79 Å². The molecule has 1 N–H and O–H groups in total.